The van der Waals surface area contributed by atoms with Crippen LogP contribution in [0, 0.1) is 10.1 Å². The van der Waals surface area contributed by atoms with Crippen molar-refractivity contribution in [1.82, 2.24) is 0 Å². The Labute approximate surface area is 95.0 Å². The lowest BCUT2D eigenvalue weighted by Gasteiger charge is -2.05. The van der Waals surface area contributed by atoms with Crippen LogP contribution in [0.15, 0.2) is 18.2 Å². The van der Waals surface area contributed by atoms with E-state index < -0.39 is 16.8 Å². The van der Waals surface area contributed by atoms with Gasteiger partial charge in [-0.15, -0.1) is 0 Å². The number of hydrogen-bond acceptors (Lipinski definition) is 5. The Morgan fingerprint density at radius 1 is 1.47 bits per heavy atom. The Bertz CT molecular complexity index is 484. The number of rotatable bonds is 3. The fraction of sp³-hybridized carbons (Fsp3) is 0.111. The first-order valence-electron chi connectivity index (χ1n) is 4.32. The van der Waals surface area contributed by atoms with Crippen molar-refractivity contribution >= 4 is 23.3 Å². The summed E-state index contributed by atoms with van der Waals surface area (Å²) in [6.45, 7) is 0. The van der Waals surface area contributed by atoms with Gasteiger partial charge in [-0.05, 0) is 12.1 Å². The Kier molecular flexibility index (Phi) is 3.60. The molecule has 0 heterocycles. The maximum absolute atomic E-state index is 10.8. The SMILES string of the molecule is COc1ccc(NC(=O)C(=O)O)cc1[N+](=O)[O-]. The summed E-state index contributed by atoms with van der Waals surface area (Å²) in [6, 6.07) is 3.57. The second kappa shape index (κ2) is 4.92. The highest BCUT2D eigenvalue weighted by molar-refractivity contribution is 6.36. The van der Waals surface area contributed by atoms with Crippen LogP contribution in [-0.2, 0) is 9.59 Å². The van der Waals surface area contributed by atoms with Crippen LogP contribution in [0.5, 0.6) is 5.75 Å². The topological polar surface area (TPSA) is 119 Å². The molecule has 0 unspecified atom stereocenters. The van der Waals surface area contributed by atoms with Crippen LogP contribution in [0.2, 0.25) is 0 Å². The van der Waals surface area contributed by atoms with Gasteiger partial charge < -0.3 is 15.2 Å². The number of ether oxygens (including phenoxy) is 1. The number of nitrogens with zero attached hydrogens (tertiary/aromatic N) is 1. The molecule has 1 amide bonds. The molecule has 0 bridgehead atoms. The summed E-state index contributed by atoms with van der Waals surface area (Å²) in [5, 5.41) is 21.0. The van der Waals surface area contributed by atoms with E-state index in [0.29, 0.717) is 0 Å². The summed E-state index contributed by atoms with van der Waals surface area (Å²) in [6.07, 6.45) is 0. The van der Waals surface area contributed by atoms with E-state index in [1.807, 2.05) is 5.32 Å². The molecule has 0 aromatic heterocycles. The Morgan fingerprint density at radius 2 is 2.12 bits per heavy atom. The van der Waals surface area contributed by atoms with Crippen LogP contribution < -0.4 is 10.1 Å². The molecule has 1 aromatic carbocycles. The van der Waals surface area contributed by atoms with Crippen LogP contribution in [-0.4, -0.2) is 29.0 Å². The van der Waals surface area contributed by atoms with Gasteiger partial charge >= 0.3 is 17.6 Å². The molecule has 17 heavy (non-hydrogen) atoms. The number of nitro groups is 1. The Hall–Kier alpha value is -2.64. The standard InChI is InChI=1S/C9H8N2O6/c1-17-7-3-2-5(4-6(7)11(15)16)10-8(12)9(13)14/h2-4H,1H3,(H,10,12)(H,13,14). The van der Waals surface area contributed by atoms with Crippen molar-refractivity contribution < 1.29 is 24.4 Å². The van der Waals surface area contributed by atoms with Crippen molar-refractivity contribution in [2.45, 2.75) is 0 Å². The van der Waals surface area contributed by atoms with Crippen molar-refractivity contribution in [2.24, 2.45) is 0 Å². The zero-order valence-corrected chi connectivity index (χ0v) is 8.67. The number of aliphatic carboxylic acids is 1. The van der Waals surface area contributed by atoms with Crippen LogP contribution in [0.3, 0.4) is 0 Å². The number of methoxy groups -OCH3 is 1. The molecule has 0 spiro atoms. The van der Waals surface area contributed by atoms with Crippen molar-refractivity contribution in [3.8, 4) is 5.75 Å². The van der Waals surface area contributed by atoms with E-state index in [9.17, 15) is 19.7 Å². The summed E-state index contributed by atoms with van der Waals surface area (Å²) in [5.41, 5.74) is -0.361. The van der Waals surface area contributed by atoms with Gasteiger partial charge in [0.15, 0.2) is 5.75 Å². The molecule has 0 aliphatic heterocycles. The number of nitrogens with one attached hydrogen (secondary N) is 1. The van der Waals surface area contributed by atoms with Crippen LogP contribution in [0.1, 0.15) is 0 Å². The molecule has 0 fully saturated rings. The molecule has 0 aliphatic rings. The van der Waals surface area contributed by atoms with Gasteiger partial charge in [0.05, 0.1) is 12.0 Å². The molecule has 8 heteroatoms. The third-order valence-electron chi connectivity index (χ3n) is 1.83. The highest BCUT2D eigenvalue weighted by atomic mass is 16.6. The quantitative estimate of drug-likeness (QED) is 0.454. The molecular formula is C9H8N2O6. The van der Waals surface area contributed by atoms with Gasteiger partial charge in [0.2, 0.25) is 0 Å². The van der Waals surface area contributed by atoms with E-state index in [0.717, 1.165) is 6.07 Å². The van der Waals surface area contributed by atoms with E-state index in [4.69, 9.17) is 9.84 Å². The lowest BCUT2D eigenvalue weighted by molar-refractivity contribution is -0.385. The van der Waals surface area contributed by atoms with Crippen molar-refractivity contribution in [3.05, 3.63) is 28.3 Å². The first-order chi connectivity index (χ1) is 7.95. The number of carboxylic acids is 1. The second-order valence-electron chi connectivity index (χ2n) is 2.90. The summed E-state index contributed by atoms with van der Waals surface area (Å²) in [7, 11) is 1.26. The van der Waals surface area contributed by atoms with Crippen LogP contribution in [0.25, 0.3) is 0 Å². The monoisotopic (exact) mass is 240 g/mol. The van der Waals surface area contributed by atoms with E-state index in [-0.39, 0.29) is 17.1 Å². The normalized spacial score (nSPS) is 9.47. The summed E-state index contributed by atoms with van der Waals surface area (Å²) < 4.78 is 4.74. The van der Waals surface area contributed by atoms with Crippen molar-refractivity contribution in [2.75, 3.05) is 12.4 Å². The van der Waals surface area contributed by atoms with E-state index in [2.05, 4.69) is 0 Å². The Morgan fingerprint density at radius 3 is 2.59 bits per heavy atom. The number of nitro benzene ring substituents is 1. The number of amides is 1. The lowest BCUT2D eigenvalue weighted by atomic mass is 10.2. The molecule has 90 valence electrons. The molecule has 0 saturated heterocycles. The Balaban J connectivity index is 3.04. The number of carbonyl (C=O) groups is 2. The number of carboxylic acid groups (broad SMARTS) is 1. The molecule has 0 aliphatic carbocycles. The maximum atomic E-state index is 10.8. The molecule has 8 nitrogen and oxygen atoms in total. The maximum Gasteiger partial charge on any atom is 0.394 e. The molecular weight excluding hydrogens is 232 g/mol. The minimum absolute atomic E-state index is 0.00454. The predicted octanol–water partition coefficient (Wildman–Crippen LogP) is 0.626. The average molecular weight is 240 g/mol. The zero-order chi connectivity index (χ0) is 13.0. The fourth-order valence-corrected chi connectivity index (χ4v) is 1.09. The summed E-state index contributed by atoms with van der Waals surface area (Å²) in [5.74, 6) is -2.93. The van der Waals surface area contributed by atoms with Gasteiger partial charge in [0.25, 0.3) is 0 Å². The van der Waals surface area contributed by atoms with Gasteiger partial charge in [-0.2, -0.15) is 0 Å². The smallest absolute Gasteiger partial charge is 0.394 e. The van der Waals surface area contributed by atoms with E-state index in [1.165, 1.54) is 19.2 Å². The molecule has 2 N–H and O–H groups in total. The largest absolute Gasteiger partial charge is 0.490 e. The first kappa shape index (κ1) is 12.4. The second-order valence-corrected chi connectivity index (χ2v) is 2.90. The number of carbonyl (C=O) groups excluding carboxylic acids is 1. The molecule has 1 rings (SSSR count). The molecule has 0 atom stereocenters. The zero-order valence-electron chi connectivity index (χ0n) is 8.67. The molecule has 1 aromatic rings. The van der Waals surface area contributed by atoms with Crippen LogP contribution in [0.4, 0.5) is 11.4 Å². The average Bonchev–Trinajstić information content (AvgIpc) is 2.28. The first-order valence-corrected chi connectivity index (χ1v) is 4.32. The highest BCUT2D eigenvalue weighted by Crippen LogP contribution is 2.29. The van der Waals surface area contributed by atoms with Gasteiger partial charge in [-0.25, -0.2) is 4.79 Å². The van der Waals surface area contributed by atoms with E-state index >= 15 is 0 Å². The number of anilines is 1. The van der Waals surface area contributed by atoms with Gasteiger partial charge in [0.1, 0.15) is 0 Å². The molecule has 0 saturated carbocycles. The van der Waals surface area contributed by atoms with Gasteiger partial charge in [-0.1, -0.05) is 0 Å². The predicted molar refractivity (Wildman–Crippen MR) is 55.9 cm³/mol. The third kappa shape index (κ3) is 2.91. The minimum Gasteiger partial charge on any atom is -0.490 e. The number of hydrogen-bond donors (Lipinski definition) is 2. The van der Waals surface area contributed by atoms with Gasteiger partial charge in [0, 0.05) is 11.8 Å². The van der Waals surface area contributed by atoms with Crippen LogP contribution >= 0.6 is 0 Å². The summed E-state index contributed by atoms with van der Waals surface area (Å²) >= 11 is 0. The molecule has 0 radical (unpaired) electrons. The van der Waals surface area contributed by atoms with Crippen molar-refractivity contribution in [1.29, 1.82) is 0 Å². The van der Waals surface area contributed by atoms with Crippen molar-refractivity contribution in [3.63, 3.8) is 0 Å². The third-order valence-corrected chi connectivity index (χ3v) is 1.83. The van der Waals surface area contributed by atoms with Gasteiger partial charge in [-0.3, -0.25) is 14.9 Å². The fourth-order valence-electron chi connectivity index (χ4n) is 1.09. The lowest BCUT2D eigenvalue weighted by Crippen LogP contribution is -2.21. The minimum atomic E-state index is -1.68. The van der Waals surface area contributed by atoms with E-state index in [1.54, 1.807) is 0 Å². The number of benzene rings is 1. The highest BCUT2D eigenvalue weighted by Gasteiger charge is 2.17. The summed E-state index contributed by atoms with van der Waals surface area (Å²) in [4.78, 5) is 31.1.